The number of rotatable bonds is 12. The first-order valence-electron chi connectivity index (χ1n) is 11.6. The molecule has 15 heteroatoms. The Kier molecular flexibility index (Phi) is 11.3. The molecule has 13 nitrogen and oxygen atoms in total. The molecule has 10 atom stereocenters. The van der Waals surface area contributed by atoms with Crippen LogP contribution in [0.3, 0.4) is 0 Å². The van der Waals surface area contributed by atoms with E-state index >= 15 is 0 Å². The summed E-state index contributed by atoms with van der Waals surface area (Å²) in [6, 6.07) is 0. The first kappa shape index (κ1) is 30.8. The third kappa shape index (κ3) is 8.53. The molecule has 2 fully saturated rings. The van der Waals surface area contributed by atoms with E-state index in [9.17, 15) is 36.2 Å². The minimum Gasteiger partial charge on any atom is -0.726 e. The Hall–Kier alpha value is -0.460. The Balaban J connectivity index is 2.15. The predicted molar refractivity (Wildman–Crippen MR) is 117 cm³/mol. The van der Waals surface area contributed by atoms with E-state index in [0.717, 1.165) is 0 Å². The summed E-state index contributed by atoms with van der Waals surface area (Å²) in [6.07, 6.45) is -3.69. The molecule has 0 saturated carbocycles. The van der Waals surface area contributed by atoms with Crippen LogP contribution in [0.1, 0.15) is 34.1 Å². The number of hydrogen-bond acceptors (Lipinski definition) is 13. The zero-order chi connectivity index (χ0) is 26.6. The van der Waals surface area contributed by atoms with E-state index in [1.54, 1.807) is 13.8 Å². The first-order valence-corrected chi connectivity index (χ1v) is 14.2. The minimum absolute atomic E-state index is 0.0557. The van der Waals surface area contributed by atoms with E-state index in [1.807, 2.05) is 13.8 Å². The van der Waals surface area contributed by atoms with Crippen molar-refractivity contribution in [1.82, 2.24) is 0 Å². The summed E-state index contributed by atoms with van der Waals surface area (Å²) in [7, 11) is -10.1. The van der Waals surface area contributed by atoms with Crippen LogP contribution in [0.25, 0.3) is 0 Å². The van der Waals surface area contributed by atoms with E-state index in [-0.39, 0.29) is 50.6 Å². The molecule has 2 heterocycles. The second-order valence-corrected chi connectivity index (χ2v) is 11.4. The fraction of sp³-hybridized carbons (Fsp3) is 1.00. The maximum absolute atomic E-state index is 11.3. The summed E-state index contributed by atoms with van der Waals surface area (Å²) in [5.74, 6) is -1.66. The number of hydrogen-bond donors (Lipinski definition) is 2. The van der Waals surface area contributed by atoms with Crippen molar-refractivity contribution in [3.63, 3.8) is 0 Å². The van der Waals surface area contributed by atoms with Gasteiger partial charge >= 0.3 is 0 Å². The van der Waals surface area contributed by atoms with E-state index in [1.165, 1.54) is 0 Å². The Morgan fingerprint density at radius 3 is 1.86 bits per heavy atom. The maximum atomic E-state index is 11.3. The van der Waals surface area contributed by atoms with Gasteiger partial charge in [0.1, 0.15) is 6.10 Å². The minimum atomic E-state index is -5.06. The summed E-state index contributed by atoms with van der Waals surface area (Å²) in [5.41, 5.74) is 0. The second-order valence-electron chi connectivity index (χ2n) is 9.30. The van der Waals surface area contributed by atoms with Gasteiger partial charge in [-0.2, -0.15) is 0 Å². The van der Waals surface area contributed by atoms with Gasteiger partial charge in [0.05, 0.1) is 50.8 Å². The SMILES string of the molecule is CC[C@H]1OC(COS(=O)(=O)[O-])[C@H](COC[C@@H]2OC(CO)[C@H](C)[C@@H](CO)C2C)[C@@H](C)C1OS(=O)(=O)[O-]. The van der Waals surface area contributed by atoms with Gasteiger partial charge in [-0.3, -0.25) is 8.37 Å². The molecule has 0 aliphatic carbocycles. The molecule has 0 aromatic carbocycles. The molecule has 0 aromatic rings. The van der Waals surface area contributed by atoms with E-state index in [0.29, 0.717) is 0 Å². The maximum Gasteiger partial charge on any atom is 0.218 e. The van der Waals surface area contributed by atoms with Gasteiger partial charge in [-0.1, -0.05) is 27.7 Å². The third-order valence-corrected chi connectivity index (χ3v) is 8.13. The Bertz CT molecular complexity index is 862. The molecule has 2 saturated heterocycles. The zero-order valence-corrected chi connectivity index (χ0v) is 21.9. The van der Waals surface area contributed by atoms with Crippen molar-refractivity contribution in [1.29, 1.82) is 0 Å². The van der Waals surface area contributed by atoms with Crippen molar-refractivity contribution in [2.24, 2.45) is 29.6 Å². The van der Waals surface area contributed by atoms with Crippen LogP contribution in [0.2, 0.25) is 0 Å². The highest BCUT2D eigenvalue weighted by molar-refractivity contribution is 7.81. The van der Waals surface area contributed by atoms with Crippen LogP contribution in [-0.4, -0.2) is 99.7 Å². The molecule has 2 N–H and O–H groups in total. The molecule has 4 unspecified atom stereocenters. The Labute approximate surface area is 206 Å². The molecule has 0 spiro atoms. The van der Waals surface area contributed by atoms with Gasteiger partial charge in [0.25, 0.3) is 0 Å². The van der Waals surface area contributed by atoms with Gasteiger partial charge in [0.15, 0.2) is 0 Å². The molecule has 208 valence electrons. The van der Waals surface area contributed by atoms with Crippen molar-refractivity contribution in [3.05, 3.63) is 0 Å². The number of ether oxygens (including phenoxy) is 3. The highest BCUT2D eigenvalue weighted by Crippen LogP contribution is 2.37. The fourth-order valence-corrected chi connectivity index (χ4v) is 5.94. The van der Waals surface area contributed by atoms with Crippen molar-refractivity contribution < 1.29 is 58.7 Å². The summed E-state index contributed by atoms with van der Waals surface area (Å²) in [5, 5.41) is 19.4. The fourth-order valence-electron chi connectivity index (χ4n) is 5.07. The molecule has 35 heavy (non-hydrogen) atoms. The molecule has 2 aliphatic heterocycles. The third-order valence-electron chi connectivity index (χ3n) is 7.25. The largest absolute Gasteiger partial charge is 0.726 e. The molecule has 0 bridgehead atoms. The van der Waals surface area contributed by atoms with Gasteiger partial charge in [0.2, 0.25) is 20.8 Å². The average molecular weight is 549 g/mol. The standard InChI is InChI=1S/C20H38O13S2/c1-5-16-20(33-35(26,27)28)13(4)15(19(31-16)10-30-34(23,24)25)8-29-9-18-12(3)14(6-21)11(2)17(7-22)32-18/h11-22H,5-10H2,1-4H3,(H,23,24,25)(H,26,27,28)/p-2/t11-,12?,13-,14-,15-,16-,17?,18+,19?,20?/m1/s1. The summed E-state index contributed by atoms with van der Waals surface area (Å²) >= 11 is 0. The van der Waals surface area contributed by atoms with Crippen LogP contribution < -0.4 is 0 Å². The molecule has 2 rings (SSSR count). The first-order chi connectivity index (χ1) is 16.2. The molecule has 2 aliphatic rings. The van der Waals surface area contributed by atoms with Crippen LogP contribution in [0.5, 0.6) is 0 Å². The number of aliphatic hydroxyl groups excluding tert-OH is 2. The highest BCUT2D eigenvalue weighted by Gasteiger charge is 2.46. The van der Waals surface area contributed by atoms with Gasteiger partial charge in [0, 0.05) is 12.5 Å². The summed E-state index contributed by atoms with van der Waals surface area (Å²) < 4.78 is 93.6. The van der Waals surface area contributed by atoms with Crippen LogP contribution in [0, 0.1) is 29.6 Å². The van der Waals surface area contributed by atoms with Crippen LogP contribution in [-0.2, 0) is 43.4 Å². The average Bonchev–Trinajstić information content (AvgIpc) is 2.75. The molecular formula is C20H36O13S2-2. The van der Waals surface area contributed by atoms with Crippen molar-refractivity contribution in [2.45, 2.75) is 64.6 Å². The van der Waals surface area contributed by atoms with E-state index < -0.39 is 69.8 Å². The molecule has 0 amide bonds. The topological polar surface area (TPSA) is 201 Å². The lowest BCUT2D eigenvalue weighted by molar-refractivity contribution is -0.199. The van der Waals surface area contributed by atoms with E-state index in [4.69, 9.17) is 18.4 Å². The summed E-state index contributed by atoms with van der Waals surface area (Å²) in [4.78, 5) is 0. The predicted octanol–water partition coefficient (Wildman–Crippen LogP) is -0.605. The zero-order valence-electron chi connectivity index (χ0n) is 20.2. The lowest BCUT2D eigenvalue weighted by atomic mass is 9.76. The molecule has 0 aromatic heterocycles. The van der Waals surface area contributed by atoms with Crippen LogP contribution in [0.15, 0.2) is 0 Å². The smallest absolute Gasteiger partial charge is 0.218 e. The lowest BCUT2D eigenvalue weighted by Crippen LogP contribution is -2.54. The van der Waals surface area contributed by atoms with Gasteiger partial charge in [-0.05, 0) is 30.1 Å². The quantitative estimate of drug-likeness (QED) is 0.231. The number of aliphatic hydroxyl groups is 2. The van der Waals surface area contributed by atoms with Crippen molar-refractivity contribution >= 4 is 20.8 Å². The van der Waals surface area contributed by atoms with Gasteiger partial charge < -0.3 is 33.5 Å². The van der Waals surface area contributed by atoms with Gasteiger partial charge in [-0.25, -0.2) is 16.8 Å². The van der Waals surface area contributed by atoms with Crippen molar-refractivity contribution in [2.75, 3.05) is 33.0 Å². The Morgan fingerprint density at radius 2 is 1.34 bits per heavy atom. The lowest BCUT2D eigenvalue weighted by Gasteiger charge is -2.46. The second kappa shape index (κ2) is 12.9. The highest BCUT2D eigenvalue weighted by atomic mass is 32.3. The normalized spacial score (nSPS) is 39.0. The molecular weight excluding hydrogens is 512 g/mol. The van der Waals surface area contributed by atoms with Gasteiger partial charge in [-0.15, -0.1) is 0 Å². The van der Waals surface area contributed by atoms with Crippen molar-refractivity contribution in [3.8, 4) is 0 Å². The van der Waals surface area contributed by atoms with E-state index in [2.05, 4.69) is 4.18 Å². The monoisotopic (exact) mass is 548 g/mol. The molecule has 0 radical (unpaired) electrons. The Morgan fingerprint density at radius 1 is 0.743 bits per heavy atom. The van der Waals surface area contributed by atoms with Crippen LogP contribution in [0.4, 0.5) is 0 Å². The van der Waals surface area contributed by atoms with Crippen LogP contribution >= 0.6 is 0 Å². The summed E-state index contributed by atoms with van der Waals surface area (Å²) in [6.45, 7) is 6.11.